The van der Waals surface area contributed by atoms with Gasteiger partial charge in [-0.1, -0.05) is 30.4 Å². The zero-order valence-electron chi connectivity index (χ0n) is 8.35. The summed E-state index contributed by atoms with van der Waals surface area (Å²) < 4.78 is 5.33. The highest BCUT2D eigenvalue weighted by atomic mass is 16.5. The van der Waals surface area contributed by atoms with Crippen LogP contribution in [0.2, 0.25) is 0 Å². The zero-order chi connectivity index (χ0) is 10.3. The Bertz CT molecular complexity index is 434. The third-order valence-electron chi connectivity index (χ3n) is 3.21. The third kappa shape index (κ3) is 1.29. The van der Waals surface area contributed by atoms with E-state index in [1.807, 2.05) is 18.2 Å². The monoisotopic (exact) mass is 200 g/mol. The average Bonchev–Trinajstić information content (AvgIpc) is 2.30. The fraction of sp³-hybridized carbons (Fsp3) is 0.308. The second kappa shape index (κ2) is 3.23. The molecule has 0 amide bonds. The lowest BCUT2D eigenvalue weighted by atomic mass is 9.78. The molecule has 0 unspecified atom stereocenters. The number of ether oxygens (including phenoxy) is 1. The van der Waals surface area contributed by atoms with E-state index in [0.717, 1.165) is 24.2 Å². The van der Waals surface area contributed by atoms with Crippen molar-refractivity contribution >= 4 is 5.97 Å². The first kappa shape index (κ1) is 8.72. The van der Waals surface area contributed by atoms with Gasteiger partial charge in [0.2, 0.25) is 0 Å². The van der Waals surface area contributed by atoms with Crippen LogP contribution in [-0.2, 0) is 4.79 Å². The second-order valence-electron chi connectivity index (χ2n) is 4.10. The number of rotatable bonds is 0. The molecule has 2 nitrogen and oxygen atoms in total. The lowest BCUT2D eigenvalue weighted by Gasteiger charge is -2.31. The molecule has 2 atom stereocenters. The van der Waals surface area contributed by atoms with Gasteiger partial charge in [-0.25, -0.2) is 0 Å². The smallest absolute Gasteiger partial charge is 0.315 e. The Labute approximate surface area is 88.6 Å². The summed E-state index contributed by atoms with van der Waals surface area (Å²) in [5, 5.41) is 0. The predicted molar refractivity (Wildman–Crippen MR) is 56.7 cm³/mol. The number of esters is 1. The average molecular weight is 200 g/mol. The summed E-state index contributed by atoms with van der Waals surface area (Å²) in [6.07, 6.45) is 6.21. The molecule has 0 bridgehead atoms. The van der Waals surface area contributed by atoms with Gasteiger partial charge in [0.25, 0.3) is 0 Å². The largest absolute Gasteiger partial charge is 0.426 e. The van der Waals surface area contributed by atoms with E-state index in [4.69, 9.17) is 4.74 Å². The van der Waals surface area contributed by atoms with Gasteiger partial charge in [-0.15, -0.1) is 0 Å². The van der Waals surface area contributed by atoms with Gasteiger partial charge in [0, 0.05) is 11.5 Å². The standard InChI is InChI=1S/C13H12O2/c14-13-11-7-2-1-5-9(11)10-6-3-4-8-12(10)15-13/h1,3-6,8-9,11H,2,7H2/t9-,11-/m1/s1. The molecule has 0 radical (unpaired) electrons. The fourth-order valence-electron chi connectivity index (χ4n) is 2.45. The van der Waals surface area contributed by atoms with E-state index in [2.05, 4.69) is 18.2 Å². The van der Waals surface area contributed by atoms with E-state index >= 15 is 0 Å². The van der Waals surface area contributed by atoms with Gasteiger partial charge >= 0.3 is 5.97 Å². The van der Waals surface area contributed by atoms with Crippen LogP contribution >= 0.6 is 0 Å². The molecule has 76 valence electrons. The predicted octanol–water partition coefficient (Wildman–Crippen LogP) is 2.66. The number of hydrogen-bond acceptors (Lipinski definition) is 2. The zero-order valence-corrected chi connectivity index (χ0v) is 8.35. The minimum Gasteiger partial charge on any atom is -0.426 e. The van der Waals surface area contributed by atoms with Gasteiger partial charge in [0.05, 0.1) is 5.92 Å². The first-order chi connectivity index (χ1) is 7.36. The molecule has 1 aliphatic carbocycles. The summed E-state index contributed by atoms with van der Waals surface area (Å²) in [5.41, 5.74) is 1.15. The number of carbonyl (C=O) groups is 1. The van der Waals surface area contributed by atoms with Crippen LogP contribution in [-0.4, -0.2) is 5.97 Å². The minimum absolute atomic E-state index is 0.0323. The van der Waals surface area contributed by atoms with Crippen molar-refractivity contribution in [2.75, 3.05) is 0 Å². The highest BCUT2D eigenvalue weighted by Crippen LogP contribution is 2.42. The number of para-hydroxylation sites is 1. The molecule has 3 rings (SSSR count). The van der Waals surface area contributed by atoms with E-state index in [1.54, 1.807) is 0 Å². The van der Waals surface area contributed by atoms with Crippen molar-refractivity contribution < 1.29 is 9.53 Å². The highest BCUT2D eigenvalue weighted by Gasteiger charge is 2.36. The highest BCUT2D eigenvalue weighted by molar-refractivity contribution is 5.80. The minimum atomic E-state index is -0.0666. The summed E-state index contributed by atoms with van der Waals surface area (Å²) in [7, 11) is 0. The van der Waals surface area contributed by atoms with Crippen LogP contribution in [0.5, 0.6) is 5.75 Å². The van der Waals surface area contributed by atoms with Crippen LogP contribution in [0, 0.1) is 5.92 Å². The van der Waals surface area contributed by atoms with E-state index in [1.165, 1.54) is 0 Å². The third-order valence-corrected chi connectivity index (χ3v) is 3.21. The summed E-state index contributed by atoms with van der Waals surface area (Å²) in [6, 6.07) is 7.82. The van der Waals surface area contributed by atoms with Gasteiger partial charge in [-0.3, -0.25) is 4.79 Å². The number of hydrogen-bond donors (Lipinski definition) is 0. The quantitative estimate of drug-likeness (QED) is 0.365. The van der Waals surface area contributed by atoms with Crippen molar-refractivity contribution in [1.82, 2.24) is 0 Å². The number of benzene rings is 1. The molecule has 0 saturated heterocycles. The van der Waals surface area contributed by atoms with Gasteiger partial charge < -0.3 is 4.74 Å². The molecule has 0 fully saturated rings. The normalized spacial score (nSPS) is 27.9. The summed E-state index contributed by atoms with van der Waals surface area (Å²) >= 11 is 0. The SMILES string of the molecule is O=C1Oc2ccccc2[C@H]2C=CCC[C@@H]12. The topological polar surface area (TPSA) is 26.3 Å². The Balaban J connectivity index is 2.13. The Morgan fingerprint density at radius 3 is 3.07 bits per heavy atom. The molecular formula is C13H12O2. The molecule has 2 aliphatic rings. The molecule has 1 heterocycles. The van der Waals surface area contributed by atoms with Crippen molar-refractivity contribution in [3.05, 3.63) is 42.0 Å². The van der Waals surface area contributed by atoms with Crippen LogP contribution in [0.25, 0.3) is 0 Å². The van der Waals surface area contributed by atoms with E-state index in [9.17, 15) is 4.79 Å². The van der Waals surface area contributed by atoms with Crippen molar-refractivity contribution in [1.29, 1.82) is 0 Å². The maximum atomic E-state index is 11.7. The molecule has 0 N–H and O–H groups in total. The summed E-state index contributed by atoms with van der Waals surface area (Å²) in [4.78, 5) is 11.7. The Hall–Kier alpha value is -1.57. The van der Waals surface area contributed by atoms with Gasteiger partial charge in [0.1, 0.15) is 5.75 Å². The fourth-order valence-corrected chi connectivity index (χ4v) is 2.45. The van der Waals surface area contributed by atoms with Crippen LogP contribution in [0.3, 0.4) is 0 Å². The van der Waals surface area contributed by atoms with Crippen LogP contribution < -0.4 is 4.74 Å². The van der Waals surface area contributed by atoms with Crippen LogP contribution in [0.15, 0.2) is 36.4 Å². The molecule has 1 aromatic carbocycles. The summed E-state index contributed by atoms with van der Waals surface area (Å²) in [5.74, 6) is 0.930. The van der Waals surface area contributed by atoms with E-state index in [0.29, 0.717) is 0 Å². The van der Waals surface area contributed by atoms with Crippen molar-refractivity contribution in [3.8, 4) is 5.75 Å². The summed E-state index contributed by atoms with van der Waals surface area (Å²) in [6.45, 7) is 0. The lowest BCUT2D eigenvalue weighted by molar-refractivity contribution is -0.141. The van der Waals surface area contributed by atoms with E-state index < -0.39 is 0 Å². The lowest BCUT2D eigenvalue weighted by Crippen LogP contribution is -2.32. The van der Waals surface area contributed by atoms with Crippen molar-refractivity contribution in [3.63, 3.8) is 0 Å². The maximum Gasteiger partial charge on any atom is 0.315 e. The molecule has 15 heavy (non-hydrogen) atoms. The molecule has 1 aromatic rings. The van der Waals surface area contributed by atoms with Gasteiger partial charge in [-0.05, 0) is 18.9 Å². The first-order valence-electron chi connectivity index (χ1n) is 5.33. The number of carbonyl (C=O) groups excluding carboxylic acids is 1. The Kier molecular flexibility index (Phi) is 1.88. The Morgan fingerprint density at radius 1 is 1.27 bits per heavy atom. The molecule has 2 heteroatoms. The van der Waals surface area contributed by atoms with Gasteiger partial charge in [-0.2, -0.15) is 0 Å². The molecule has 0 aromatic heterocycles. The first-order valence-corrected chi connectivity index (χ1v) is 5.33. The molecule has 0 saturated carbocycles. The van der Waals surface area contributed by atoms with Crippen molar-refractivity contribution in [2.45, 2.75) is 18.8 Å². The van der Waals surface area contributed by atoms with Crippen LogP contribution in [0.4, 0.5) is 0 Å². The maximum absolute atomic E-state index is 11.7. The molecule has 1 aliphatic heterocycles. The number of allylic oxidation sites excluding steroid dienone is 2. The molecule has 0 spiro atoms. The second-order valence-corrected chi connectivity index (χ2v) is 4.10. The number of fused-ring (bicyclic) bond motifs is 3. The van der Waals surface area contributed by atoms with Gasteiger partial charge in [0.15, 0.2) is 0 Å². The van der Waals surface area contributed by atoms with Crippen LogP contribution in [0.1, 0.15) is 24.3 Å². The van der Waals surface area contributed by atoms with Crippen molar-refractivity contribution in [2.24, 2.45) is 5.92 Å². The Morgan fingerprint density at radius 2 is 2.13 bits per heavy atom. The molecular weight excluding hydrogens is 188 g/mol. The van der Waals surface area contributed by atoms with E-state index in [-0.39, 0.29) is 17.8 Å².